The van der Waals surface area contributed by atoms with Gasteiger partial charge in [0.25, 0.3) is 0 Å². The van der Waals surface area contributed by atoms with Crippen LogP contribution in [0.1, 0.15) is 26.7 Å². The van der Waals surface area contributed by atoms with E-state index in [2.05, 4.69) is 10.2 Å². The number of esters is 1. The van der Waals surface area contributed by atoms with Crippen molar-refractivity contribution in [1.82, 2.24) is 10.2 Å². The summed E-state index contributed by atoms with van der Waals surface area (Å²) < 4.78 is 4.90. The normalized spacial score (nSPS) is 22.9. The molecule has 0 spiro atoms. The van der Waals surface area contributed by atoms with Gasteiger partial charge in [0.2, 0.25) is 0 Å². The maximum absolute atomic E-state index is 11.8. The summed E-state index contributed by atoms with van der Waals surface area (Å²) in [6.07, 6.45) is 1.88. The van der Waals surface area contributed by atoms with Gasteiger partial charge in [-0.1, -0.05) is 6.92 Å². The van der Waals surface area contributed by atoms with Crippen LogP contribution in [0.2, 0.25) is 0 Å². The van der Waals surface area contributed by atoms with Gasteiger partial charge in [-0.25, -0.2) is 0 Å². The highest BCUT2D eigenvalue weighted by atomic mass is 16.5. The fourth-order valence-corrected chi connectivity index (χ4v) is 2.06. The van der Waals surface area contributed by atoms with Gasteiger partial charge in [-0.05, 0) is 26.3 Å². The lowest BCUT2D eigenvalue weighted by atomic mass is 9.96. The number of nitrogens with one attached hydrogen (secondary N) is 1. The minimum Gasteiger partial charge on any atom is -0.468 e. The minimum atomic E-state index is -0.458. The second-order valence-electron chi connectivity index (χ2n) is 4.21. The number of hydrogen-bond donors (Lipinski definition) is 1. The van der Waals surface area contributed by atoms with E-state index in [-0.39, 0.29) is 5.97 Å². The molecule has 1 atom stereocenters. The average molecular weight is 214 g/mol. The van der Waals surface area contributed by atoms with Crippen LogP contribution in [0.15, 0.2) is 0 Å². The lowest BCUT2D eigenvalue weighted by molar-refractivity contribution is -0.154. The van der Waals surface area contributed by atoms with E-state index in [1.165, 1.54) is 7.11 Å². The van der Waals surface area contributed by atoms with E-state index < -0.39 is 5.54 Å². The molecule has 4 nitrogen and oxygen atoms in total. The van der Waals surface area contributed by atoms with Gasteiger partial charge in [0.05, 0.1) is 7.11 Å². The van der Waals surface area contributed by atoms with Crippen molar-refractivity contribution < 1.29 is 9.53 Å². The summed E-state index contributed by atoms with van der Waals surface area (Å²) in [5, 5.41) is 3.34. The molecular weight excluding hydrogens is 192 g/mol. The molecule has 0 aromatic carbocycles. The van der Waals surface area contributed by atoms with Crippen LogP contribution in [0.3, 0.4) is 0 Å². The first-order chi connectivity index (χ1) is 7.15. The number of ether oxygens (including phenoxy) is 1. The van der Waals surface area contributed by atoms with Crippen LogP contribution in [0.5, 0.6) is 0 Å². The van der Waals surface area contributed by atoms with E-state index in [4.69, 9.17) is 4.74 Å². The Kier molecular flexibility index (Phi) is 4.54. The van der Waals surface area contributed by atoms with Crippen molar-refractivity contribution in [1.29, 1.82) is 0 Å². The Morgan fingerprint density at radius 3 is 2.80 bits per heavy atom. The summed E-state index contributed by atoms with van der Waals surface area (Å²) in [7, 11) is 1.46. The molecule has 0 radical (unpaired) electrons. The zero-order valence-electron chi connectivity index (χ0n) is 10.0. The molecule has 1 saturated heterocycles. The van der Waals surface area contributed by atoms with E-state index in [0.717, 1.165) is 39.0 Å². The second-order valence-corrected chi connectivity index (χ2v) is 4.21. The van der Waals surface area contributed by atoms with E-state index in [9.17, 15) is 4.79 Å². The Morgan fingerprint density at radius 2 is 2.20 bits per heavy atom. The number of nitrogens with zero attached hydrogens (tertiary/aromatic N) is 1. The first kappa shape index (κ1) is 12.5. The Hall–Kier alpha value is -0.610. The molecule has 1 heterocycles. The third-order valence-electron chi connectivity index (χ3n) is 3.35. The van der Waals surface area contributed by atoms with Gasteiger partial charge in [0.1, 0.15) is 5.54 Å². The molecule has 0 aromatic heterocycles. The zero-order valence-corrected chi connectivity index (χ0v) is 10.0. The fraction of sp³-hybridized carbons (Fsp3) is 0.909. The van der Waals surface area contributed by atoms with Crippen LogP contribution in [0, 0.1) is 0 Å². The third kappa shape index (κ3) is 2.69. The number of hydrogen-bond acceptors (Lipinski definition) is 4. The van der Waals surface area contributed by atoms with Gasteiger partial charge in [-0.2, -0.15) is 0 Å². The molecule has 0 aromatic rings. The van der Waals surface area contributed by atoms with E-state index in [1.807, 2.05) is 13.8 Å². The smallest absolute Gasteiger partial charge is 0.325 e. The largest absolute Gasteiger partial charge is 0.468 e. The van der Waals surface area contributed by atoms with Crippen molar-refractivity contribution in [3.05, 3.63) is 0 Å². The van der Waals surface area contributed by atoms with Gasteiger partial charge in [0, 0.05) is 19.6 Å². The Labute approximate surface area is 92.0 Å². The maximum Gasteiger partial charge on any atom is 0.325 e. The highest BCUT2D eigenvalue weighted by molar-refractivity contribution is 5.80. The maximum atomic E-state index is 11.8. The molecule has 1 aliphatic rings. The van der Waals surface area contributed by atoms with Crippen molar-refractivity contribution in [2.75, 3.05) is 33.3 Å². The van der Waals surface area contributed by atoms with Gasteiger partial charge in [-0.15, -0.1) is 0 Å². The number of carbonyl (C=O) groups excluding carboxylic acids is 1. The Morgan fingerprint density at radius 1 is 1.47 bits per heavy atom. The third-order valence-corrected chi connectivity index (χ3v) is 3.35. The van der Waals surface area contributed by atoms with Crippen LogP contribution >= 0.6 is 0 Å². The molecule has 1 rings (SSSR count). The molecule has 15 heavy (non-hydrogen) atoms. The quantitative estimate of drug-likeness (QED) is 0.699. The van der Waals surface area contributed by atoms with Gasteiger partial charge < -0.3 is 10.1 Å². The lowest BCUT2D eigenvalue weighted by Crippen LogP contribution is -2.53. The first-order valence-corrected chi connectivity index (χ1v) is 5.69. The molecular formula is C11H22N2O2. The molecule has 1 aliphatic heterocycles. The summed E-state index contributed by atoms with van der Waals surface area (Å²) in [6, 6.07) is 0. The van der Waals surface area contributed by atoms with Crippen LogP contribution in [-0.2, 0) is 9.53 Å². The summed E-state index contributed by atoms with van der Waals surface area (Å²) in [5.41, 5.74) is -0.458. The molecule has 4 heteroatoms. The molecule has 0 amide bonds. The van der Waals surface area contributed by atoms with Crippen LogP contribution in [0.25, 0.3) is 0 Å². The minimum absolute atomic E-state index is 0.119. The van der Waals surface area contributed by atoms with E-state index in [0.29, 0.717) is 0 Å². The predicted octanol–water partition coefficient (Wildman–Crippen LogP) is 0.623. The molecule has 0 saturated carbocycles. The van der Waals surface area contributed by atoms with Crippen LogP contribution in [0.4, 0.5) is 0 Å². The molecule has 88 valence electrons. The second kappa shape index (κ2) is 5.47. The van der Waals surface area contributed by atoms with Crippen molar-refractivity contribution in [3.63, 3.8) is 0 Å². The lowest BCUT2D eigenvalue weighted by Gasteiger charge is -2.37. The summed E-state index contributed by atoms with van der Waals surface area (Å²) in [4.78, 5) is 14.0. The Balaban J connectivity index is 2.73. The SMILES string of the molecule is CCC(C)(C(=O)OC)N1CCCNCC1. The van der Waals surface area contributed by atoms with Gasteiger partial charge in [-0.3, -0.25) is 9.69 Å². The highest BCUT2D eigenvalue weighted by Crippen LogP contribution is 2.21. The van der Waals surface area contributed by atoms with Crippen LogP contribution in [-0.4, -0.2) is 49.7 Å². The molecule has 1 unspecified atom stereocenters. The molecule has 0 bridgehead atoms. The highest BCUT2D eigenvalue weighted by Gasteiger charge is 2.38. The van der Waals surface area contributed by atoms with Crippen LogP contribution < -0.4 is 5.32 Å². The standard InChI is InChI=1S/C11H22N2O2/c1-4-11(2,10(14)15-3)13-8-5-6-12-7-9-13/h12H,4-9H2,1-3H3. The summed E-state index contributed by atoms with van der Waals surface area (Å²) in [6.45, 7) is 7.88. The number of methoxy groups -OCH3 is 1. The average Bonchev–Trinajstić information content (AvgIpc) is 2.55. The topological polar surface area (TPSA) is 41.6 Å². The number of carbonyl (C=O) groups is 1. The Bertz CT molecular complexity index is 213. The fourth-order valence-electron chi connectivity index (χ4n) is 2.06. The zero-order chi connectivity index (χ0) is 11.3. The number of rotatable bonds is 3. The van der Waals surface area contributed by atoms with E-state index >= 15 is 0 Å². The molecule has 0 aliphatic carbocycles. The van der Waals surface area contributed by atoms with Crippen molar-refractivity contribution in [3.8, 4) is 0 Å². The predicted molar refractivity (Wildman–Crippen MR) is 59.8 cm³/mol. The van der Waals surface area contributed by atoms with Crippen molar-refractivity contribution in [2.45, 2.75) is 32.2 Å². The van der Waals surface area contributed by atoms with Crippen molar-refractivity contribution in [2.24, 2.45) is 0 Å². The molecule has 1 N–H and O–H groups in total. The van der Waals surface area contributed by atoms with Gasteiger partial charge >= 0.3 is 5.97 Å². The van der Waals surface area contributed by atoms with Gasteiger partial charge in [0.15, 0.2) is 0 Å². The summed E-state index contributed by atoms with van der Waals surface area (Å²) >= 11 is 0. The monoisotopic (exact) mass is 214 g/mol. The van der Waals surface area contributed by atoms with E-state index in [1.54, 1.807) is 0 Å². The molecule has 1 fully saturated rings. The first-order valence-electron chi connectivity index (χ1n) is 5.69. The summed E-state index contributed by atoms with van der Waals surface area (Å²) in [5.74, 6) is -0.119. The van der Waals surface area contributed by atoms with Crippen molar-refractivity contribution >= 4 is 5.97 Å².